The van der Waals surface area contributed by atoms with Gasteiger partial charge in [0.05, 0.1) is 18.1 Å². The van der Waals surface area contributed by atoms with Gasteiger partial charge in [0.1, 0.15) is 0 Å². The van der Waals surface area contributed by atoms with E-state index in [0.717, 1.165) is 0 Å². The molecular weight excluding hydrogens is 264 g/mol. The molecule has 0 saturated heterocycles. The molecule has 0 aromatic carbocycles. The molecule has 7 nitrogen and oxygen atoms in total. The molecule has 0 heterocycles. The molecule has 0 rings (SSSR count). The largest absolute Gasteiger partial charge is 0.481 e. The van der Waals surface area contributed by atoms with Crippen molar-refractivity contribution in [1.29, 1.82) is 0 Å². The lowest BCUT2D eigenvalue weighted by Crippen LogP contribution is -2.49. The highest BCUT2D eigenvalue weighted by Gasteiger charge is 2.31. The van der Waals surface area contributed by atoms with Gasteiger partial charge in [0.15, 0.2) is 0 Å². The summed E-state index contributed by atoms with van der Waals surface area (Å²) in [6.45, 7) is 7.02. The molecule has 0 bridgehead atoms. The molecule has 0 saturated carbocycles. The van der Waals surface area contributed by atoms with E-state index in [4.69, 9.17) is 9.84 Å². The molecule has 0 aromatic rings. The van der Waals surface area contributed by atoms with Gasteiger partial charge in [-0.2, -0.15) is 0 Å². The third-order valence-corrected chi connectivity index (χ3v) is 2.90. The number of nitrogens with one attached hydrogen (secondary N) is 2. The molecule has 3 amide bonds. The number of hydrogen-bond acceptors (Lipinski definition) is 4. The Balaban J connectivity index is 4.39. The molecule has 0 spiro atoms. The Morgan fingerprint density at radius 2 is 1.80 bits per heavy atom. The van der Waals surface area contributed by atoms with Gasteiger partial charge in [-0.15, -0.1) is 0 Å². The number of carboxylic acid groups (broad SMARTS) is 1. The van der Waals surface area contributed by atoms with Crippen molar-refractivity contribution in [3.8, 4) is 0 Å². The number of amides is 3. The van der Waals surface area contributed by atoms with Gasteiger partial charge in [-0.1, -0.05) is 13.8 Å². The summed E-state index contributed by atoms with van der Waals surface area (Å²) in [4.78, 5) is 34.2. The first-order valence-corrected chi connectivity index (χ1v) is 6.42. The highest BCUT2D eigenvalue weighted by Crippen LogP contribution is 2.19. The van der Waals surface area contributed by atoms with Crippen molar-refractivity contribution in [1.82, 2.24) is 10.6 Å². The van der Waals surface area contributed by atoms with Crippen LogP contribution in [0, 0.1) is 11.3 Å². The molecular formula is C13H24N2O5. The lowest BCUT2D eigenvalue weighted by molar-refractivity contribution is -0.149. The predicted molar refractivity (Wildman–Crippen MR) is 73.2 cm³/mol. The van der Waals surface area contributed by atoms with Crippen molar-refractivity contribution < 1.29 is 24.2 Å². The van der Waals surface area contributed by atoms with E-state index in [9.17, 15) is 14.4 Å². The van der Waals surface area contributed by atoms with Crippen molar-refractivity contribution >= 4 is 17.9 Å². The van der Waals surface area contributed by atoms with Crippen molar-refractivity contribution in [2.45, 2.75) is 40.2 Å². The van der Waals surface area contributed by atoms with Crippen LogP contribution >= 0.6 is 0 Å². The molecule has 0 aromatic heterocycles. The van der Waals surface area contributed by atoms with E-state index in [1.54, 1.807) is 0 Å². The minimum Gasteiger partial charge on any atom is -0.481 e. The van der Waals surface area contributed by atoms with Gasteiger partial charge in [-0.25, -0.2) is 4.79 Å². The van der Waals surface area contributed by atoms with Crippen LogP contribution in [0.2, 0.25) is 0 Å². The van der Waals surface area contributed by atoms with Gasteiger partial charge in [-0.3, -0.25) is 14.9 Å². The average molecular weight is 288 g/mol. The molecule has 7 heteroatoms. The van der Waals surface area contributed by atoms with Crippen LogP contribution in [0.15, 0.2) is 0 Å². The highest BCUT2D eigenvalue weighted by molar-refractivity contribution is 5.96. The van der Waals surface area contributed by atoms with Crippen LogP contribution in [0.3, 0.4) is 0 Å². The van der Waals surface area contributed by atoms with Gasteiger partial charge in [0.25, 0.3) is 0 Å². The molecule has 3 N–H and O–H groups in total. The maximum Gasteiger partial charge on any atom is 0.321 e. The van der Waals surface area contributed by atoms with Gasteiger partial charge in [-0.05, 0) is 19.8 Å². The number of imide groups is 1. The SMILES string of the molecule is COCC(NC(=O)NC(=O)CC(C)(C)C(=O)O)C(C)C. The Labute approximate surface area is 119 Å². The Kier molecular flexibility index (Phi) is 7.20. The molecule has 1 unspecified atom stereocenters. The number of carbonyl (C=O) groups excluding carboxylic acids is 2. The standard InChI is InChI=1S/C13H24N2O5/c1-8(2)9(7-20-5)14-12(19)15-10(16)6-13(3,4)11(17)18/h8-9H,6-7H2,1-5H3,(H,17,18)(H2,14,15,16,19). The molecule has 0 aliphatic rings. The van der Waals surface area contributed by atoms with Gasteiger partial charge in [0, 0.05) is 13.5 Å². The smallest absolute Gasteiger partial charge is 0.321 e. The van der Waals surface area contributed by atoms with E-state index in [1.807, 2.05) is 13.8 Å². The number of hydrogen-bond donors (Lipinski definition) is 3. The van der Waals surface area contributed by atoms with E-state index in [2.05, 4.69) is 10.6 Å². The Morgan fingerprint density at radius 3 is 2.20 bits per heavy atom. The number of methoxy groups -OCH3 is 1. The molecule has 0 fully saturated rings. The summed E-state index contributed by atoms with van der Waals surface area (Å²) in [5, 5.41) is 13.7. The highest BCUT2D eigenvalue weighted by atomic mass is 16.5. The van der Waals surface area contributed by atoms with Gasteiger partial charge >= 0.3 is 12.0 Å². The van der Waals surface area contributed by atoms with Crippen LogP contribution in [-0.4, -0.2) is 42.8 Å². The van der Waals surface area contributed by atoms with Crippen LogP contribution in [0.1, 0.15) is 34.1 Å². The molecule has 0 aliphatic heterocycles. The number of aliphatic carboxylic acids is 1. The minimum atomic E-state index is -1.21. The second-order valence-electron chi connectivity index (χ2n) is 5.69. The zero-order valence-electron chi connectivity index (χ0n) is 12.6. The van der Waals surface area contributed by atoms with Crippen molar-refractivity contribution in [2.24, 2.45) is 11.3 Å². The molecule has 0 radical (unpaired) electrons. The second kappa shape index (κ2) is 7.84. The molecule has 116 valence electrons. The Bertz CT molecular complexity index is 366. The fourth-order valence-electron chi connectivity index (χ4n) is 1.43. The summed E-state index contributed by atoms with van der Waals surface area (Å²) in [5.41, 5.74) is -1.21. The summed E-state index contributed by atoms with van der Waals surface area (Å²) < 4.78 is 4.98. The van der Waals surface area contributed by atoms with Gasteiger partial charge < -0.3 is 15.2 Å². The van der Waals surface area contributed by atoms with E-state index in [-0.39, 0.29) is 18.4 Å². The van der Waals surface area contributed by atoms with E-state index >= 15 is 0 Å². The monoisotopic (exact) mass is 288 g/mol. The number of rotatable bonds is 7. The average Bonchev–Trinajstić information content (AvgIpc) is 2.26. The summed E-state index contributed by atoms with van der Waals surface area (Å²) in [7, 11) is 1.52. The first-order valence-electron chi connectivity index (χ1n) is 6.42. The quantitative estimate of drug-likeness (QED) is 0.648. The Morgan fingerprint density at radius 1 is 1.25 bits per heavy atom. The number of carboxylic acids is 1. The second-order valence-corrected chi connectivity index (χ2v) is 5.69. The molecule has 1 atom stereocenters. The van der Waals surface area contributed by atoms with E-state index in [1.165, 1.54) is 21.0 Å². The number of carbonyl (C=O) groups is 3. The van der Waals surface area contributed by atoms with E-state index < -0.39 is 23.3 Å². The summed E-state index contributed by atoms with van der Waals surface area (Å²) >= 11 is 0. The van der Waals surface area contributed by atoms with E-state index in [0.29, 0.717) is 6.61 Å². The molecule has 0 aliphatic carbocycles. The van der Waals surface area contributed by atoms with Crippen molar-refractivity contribution in [3.05, 3.63) is 0 Å². The first kappa shape index (κ1) is 18.4. The number of ether oxygens (including phenoxy) is 1. The third-order valence-electron chi connectivity index (χ3n) is 2.90. The number of urea groups is 1. The maximum absolute atomic E-state index is 11.7. The predicted octanol–water partition coefficient (Wildman–Crippen LogP) is 0.984. The lowest BCUT2D eigenvalue weighted by atomic mass is 9.89. The van der Waals surface area contributed by atoms with Crippen molar-refractivity contribution in [3.63, 3.8) is 0 Å². The van der Waals surface area contributed by atoms with Crippen LogP contribution in [-0.2, 0) is 14.3 Å². The van der Waals surface area contributed by atoms with Gasteiger partial charge in [0.2, 0.25) is 5.91 Å². The van der Waals surface area contributed by atoms with Crippen LogP contribution < -0.4 is 10.6 Å². The van der Waals surface area contributed by atoms with Crippen LogP contribution in [0.5, 0.6) is 0 Å². The zero-order chi connectivity index (χ0) is 15.9. The Hall–Kier alpha value is -1.63. The summed E-state index contributed by atoms with van der Waals surface area (Å²) in [5.74, 6) is -1.58. The van der Waals surface area contributed by atoms with Crippen molar-refractivity contribution in [2.75, 3.05) is 13.7 Å². The normalized spacial score (nSPS) is 12.9. The lowest BCUT2D eigenvalue weighted by Gasteiger charge is -2.22. The molecule has 20 heavy (non-hydrogen) atoms. The fourth-order valence-corrected chi connectivity index (χ4v) is 1.43. The fraction of sp³-hybridized carbons (Fsp3) is 0.769. The minimum absolute atomic E-state index is 0.145. The van der Waals surface area contributed by atoms with Crippen LogP contribution in [0.25, 0.3) is 0 Å². The third kappa shape index (κ3) is 6.51. The topological polar surface area (TPSA) is 105 Å². The first-order chi connectivity index (χ1) is 9.10. The van der Waals surface area contributed by atoms with Crippen LogP contribution in [0.4, 0.5) is 4.79 Å². The maximum atomic E-state index is 11.7. The summed E-state index contributed by atoms with van der Waals surface area (Å²) in [6, 6.07) is -0.868. The zero-order valence-corrected chi connectivity index (χ0v) is 12.6. The summed E-state index contributed by atoms with van der Waals surface area (Å²) in [6.07, 6.45) is -0.271.